The summed E-state index contributed by atoms with van der Waals surface area (Å²) in [6.45, 7) is 3.49. The zero-order chi connectivity index (χ0) is 15.9. The monoisotopic (exact) mass is 308 g/mol. The summed E-state index contributed by atoms with van der Waals surface area (Å²) in [5.74, 6) is 0.152. The van der Waals surface area contributed by atoms with E-state index in [4.69, 9.17) is 0 Å². The molecule has 1 aliphatic rings. The van der Waals surface area contributed by atoms with Gasteiger partial charge in [0.25, 0.3) is 0 Å². The van der Waals surface area contributed by atoms with Crippen LogP contribution in [0.25, 0.3) is 0 Å². The minimum atomic E-state index is 0.152. The summed E-state index contributed by atoms with van der Waals surface area (Å²) in [6.07, 6.45) is 2.54. The van der Waals surface area contributed by atoms with E-state index in [1.165, 1.54) is 18.4 Å². The second kappa shape index (κ2) is 8.04. The molecule has 3 heteroatoms. The van der Waals surface area contributed by atoms with Crippen molar-refractivity contribution in [3.05, 3.63) is 71.8 Å². The van der Waals surface area contributed by atoms with Gasteiger partial charge in [0.2, 0.25) is 0 Å². The lowest BCUT2D eigenvalue weighted by molar-refractivity contribution is 0.0987. The molecule has 1 saturated heterocycles. The third-order valence-corrected chi connectivity index (χ3v) is 4.48. The Bertz CT molecular complexity index is 606. The fraction of sp³-hybridized carbons (Fsp3) is 0.350. The van der Waals surface area contributed by atoms with Gasteiger partial charge in [-0.15, -0.1) is 0 Å². The Morgan fingerprint density at radius 2 is 1.57 bits per heavy atom. The molecule has 1 aliphatic heterocycles. The highest BCUT2D eigenvalue weighted by Gasteiger charge is 2.23. The van der Waals surface area contributed by atoms with Crippen LogP contribution in [-0.2, 0) is 0 Å². The highest BCUT2D eigenvalue weighted by Crippen LogP contribution is 2.24. The highest BCUT2D eigenvalue weighted by atomic mass is 16.1. The largest absolute Gasteiger partial charge is 0.308 e. The van der Waals surface area contributed by atoms with Crippen molar-refractivity contribution in [1.82, 2.24) is 10.2 Å². The van der Waals surface area contributed by atoms with E-state index in [0.717, 1.165) is 25.2 Å². The number of hydrogen-bond donors (Lipinski definition) is 1. The van der Waals surface area contributed by atoms with Crippen molar-refractivity contribution in [3.63, 3.8) is 0 Å². The van der Waals surface area contributed by atoms with Crippen LogP contribution in [0.4, 0.5) is 0 Å². The number of likely N-dealkylation sites (tertiary alicyclic amines) is 1. The summed E-state index contributed by atoms with van der Waals surface area (Å²) < 4.78 is 0. The quantitative estimate of drug-likeness (QED) is 0.797. The van der Waals surface area contributed by atoms with Crippen molar-refractivity contribution >= 4 is 5.78 Å². The average Bonchev–Trinajstić information content (AvgIpc) is 3.14. The predicted molar refractivity (Wildman–Crippen MR) is 93.6 cm³/mol. The number of carbonyl (C=O) groups excluding carboxylic acids is 1. The summed E-state index contributed by atoms with van der Waals surface area (Å²) in [4.78, 5) is 14.7. The van der Waals surface area contributed by atoms with Crippen molar-refractivity contribution in [1.29, 1.82) is 0 Å². The van der Waals surface area contributed by atoms with Gasteiger partial charge in [-0.05, 0) is 31.5 Å². The van der Waals surface area contributed by atoms with Crippen LogP contribution in [0.5, 0.6) is 0 Å². The predicted octanol–water partition coefficient (Wildman–Crippen LogP) is 3.30. The molecular formula is C20H24N2O. The van der Waals surface area contributed by atoms with Crippen LogP contribution in [0.15, 0.2) is 60.7 Å². The summed E-state index contributed by atoms with van der Waals surface area (Å²) >= 11 is 0. The van der Waals surface area contributed by atoms with E-state index >= 15 is 0 Å². The molecule has 0 saturated carbocycles. The Balaban J connectivity index is 1.59. The number of Topliss-reactive ketones (excluding diaryl/α,β-unsaturated/α-hetero) is 1. The first-order chi connectivity index (χ1) is 11.3. The average molecular weight is 308 g/mol. The third-order valence-electron chi connectivity index (χ3n) is 4.48. The van der Waals surface area contributed by atoms with Gasteiger partial charge in [-0.2, -0.15) is 0 Å². The van der Waals surface area contributed by atoms with Crippen molar-refractivity contribution in [3.8, 4) is 0 Å². The van der Waals surface area contributed by atoms with E-state index in [0.29, 0.717) is 12.6 Å². The molecule has 120 valence electrons. The van der Waals surface area contributed by atoms with E-state index in [2.05, 4.69) is 40.5 Å². The molecule has 1 N–H and O–H groups in total. The zero-order valence-electron chi connectivity index (χ0n) is 13.4. The molecule has 0 radical (unpaired) electrons. The molecule has 0 spiro atoms. The second-order valence-corrected chi connectivity index (χ2v) is 6.09. The molecule has 1 heterocycles. The van der Waals surface area contributed by atoms with Gasteiger partial charge in [-0.1, -0.05) is 60.7 Å². The second-order valence-electron chi connectivity index (χ2n) is 6.09. The summed E-state index contributed by atoms with van der Waals surface area (Å²) in [5, 5.41) is 3.37. The highest BCUT2D eigenvalue weighted by molar-refractivity contribution is 5.97. The van der Waals surface area contributed by atoms with Crippen molar-refractivity contribution in [2.45, 2.75) is 18.9 Å². The van der Waals surface area contributed by atoms with Crippen molar-refractivity contribution < 1.29 is 4.79 Å². The maximum atomic E-state index is 12.2. The molecule has 0 aromatic heterocycles. The lowest BCUT2D eigenvalue weighted by atomic mass is 10.1. The fourth-order valence-corrected chi connectivity index (χ4v) is 3.23. The molecule has 2 aromatic rings. The molecule has 0 amide bonds. The number of benzene rings is 2. The topological polar surface area (TPSA) is 32.3 Å². The molecule has 3 nitrogen and oxygen atoms in total. The third kappa shape index (κ3) is 4.27. The van der Waals surface area contributed by atoms with Crippen LogP contribution in [0.2, 0.25) is 0 Å². The molecule has 2 aromatic carbocycles. The van der Waals surface area contributed by atoms with Crippen molar-refractivity contribution in [2.24, 2.45) is 0 Å². The van der Waals surface area contributed by atoms with Crippen LogP contribution in [-0.4, -0.2) is 36.9 Å². The molecule has 1 fully saturated rings. The molecule has 1 atom stereocenters. The molecule has 0 aliphatic carbocycles. The van der Waals surface area contributed by atoms with Gasteiger partial charge < -0.3 is 5.32 Å². The number of rotatable bonds is 7. The zero-order valence-corrected chi connectivity index (χ0v) is 13.4. The molecule has 0 bridgehead atoms. The molecule has 1 unspecified atom stereocenters. The number of hydrogen-bond acceptors (Lipinski definition) is 3. The number of carbonyl (C=O) groups is 1. The van der Waals surface area contributed by atoms with Gasteiger partial charge in [0.15, 0.2) is 5.78 Å². The van der Waals surface area contributed by atoms with Crippen LogP contribution in [0.1, 0.15) is 34.8 Å². The van der Waals surface area contributed by atoms with E-state index < -0.39 is 0 Å². The van der Waals surface area contributed by atoms with Gasteiger partial charge >= 0.3 is 0 Å². The van der Waals surface area contributed by atoms with E-state index in [1.54, 1.807) is 0 Å². The van der Waals surface area contributed by atoms with E-state index in [-0.39, 0.29) is 5.78 Å². The van der Waals surface area contributed by atoms with Crippen LogP contribution >= 0.6 is 0 Å². The Hall–Kier alpha value is -1.97. The minimum absolute atomic E-state index is 0.152. The van der Waals surface area contributed by atoms with Crippen LogP contribution in [0, 0.1) is 0 Å². The summed E-state index contributed by atoms with van der Waals surface area (Å²) in [5.41, 5.74) is 2.10. The van der Waals surface area contributed by atoms with E-state index in [1.807, 2.05) is 30.3 Å². The SMILES string of the molecule is O=C(CNCC(c1ccccc1)N1CCCC1)c1ccccc1. The Labute approximate surface area is 138 Å². The van der Waals surface area contributed by atoms with Crippen LogP contribution < -0.4 is 5.32 Å². The minimum Gasteiger partial charge on any atom is -0.308 e. The Morgan fingerprint density at radius 1 is 0.957 bits per heavy atom. The van der Waals surface area contributed by atoms with Crippen molar-refractivity contribution in [2.75, 3.05) is 26.2 Å². The Morgan fingerprint density at radius 3 is 2.22 bits per heavy atom. The summed E-state index contributed by atoms with van der Waals surface area (Å²) in [6, 6.07) is 20.4. The lowest BCUT2D eigenvalue weighted by Gasteiger charge is -2.28. The van der Waals surface area contributed by atoms with Gasteiger partial charge in [-0.25, -0.2) is 0 Å². The first kappa shape index (κ1) is 15.9. The number of ketones is 1. The number of nitrogens with zero attached hydrogens (tertiary/aromatic N) is 1. The first-order valence-corrected chi connectivity index (χ1v) is 8.42. The van der Waals surface area contributed by atoms with Gasteiger partial charge in [0.1, 0.15) is 0 Å². The van der Waals surface area contributed by atoms with Gasteiger partial charge in [-0.3, -0.25) is 9.69 Å². The van der Waals surface area contributed by atoms with E-state index in [9.17, 15) is 4.79 Å². The van der Waals surface area contributed by atoms with Crippen LogP contribution in [0.3, 0.4) is 0 Å². The standard InChI is InChI=1S/C20H24N2O/c23-20(18-11-5-2-6-12-18)16-21-15-19(22-13-7-8-14-22)17-9-3-1-4-10-17/h1-6,9-12,19,21H,7-8,13-16H2. The lowest BCUT2D eigenvalue weighted by Crippen LogP contribution is -2.36. The summed E-state index contributed by atoms with van der Waals surface area (Å²) in [7, 11) is 0. The maximum Gasteiger partial charge on any atom is 0.176 e. The Kier molecular flexibility index (Phi) is 5.56. The normalized spacial score (nSPS) is 16.3. The first-order valence-electron chi connectivity index (χ1n) is 8.42. The molecule has 3 rings (SSSR count). The maximum absolute atomic E-state index is 12.2. The molecule has 23 heavy (non-hydrogen) atoms. The van der Waals surface area contributed by atoms with Gasteiger partial charge in [0, 0.05) is 18.2 Å². The number of nitrogens with one attached hydrogen (secondary N) is 1. The fourth-order valence-electron chi connectivity index (χ4n) is 3.23. The molecular weight excluding hydrogens is 284 g/mol. The van der Waals surface area contributed by atoms with Gasteiger partial charge in [0.05, 0.1) is 6.54 Å². The smallest absolute Gasteiger partial charge is 0.176 e.